The molecule has 1 rings (SSSR count). The van der Waals surface area contributed by atoms with Gasteiger partial charge in [0, 0.05) is 6.54 Å². The Morgan fingerprint density at radius 2 is 1.94 bits per heavy atom. The van der Waals surface area contributed by atoms with Crippen molar-refractivity contribution in [1.29, 1.82) is 0 Å². The lowest BCUT2D eigenvalue weighted by Crippen LogP contribution is -2.42. The number of halogens is 3. The highest BCUT2D eigenvalue weighted by molar-refractivity contribution is 5.81. The first-order chi connectivity index (χ1) is 7.43. The zero-order chi connectivity index (χ0) is 12.2. The largest absolute Gasteiger partial charge is 0.471 e. The van der Waals surface area contributed by atoms with E-state index in [-0.39, 0.29) is 12.5 Å². The molecule has 0 unspecified atom stereocenters. The predicted molar refractivity (Wildman–Crippen MR) is 53.9 cm³/mol. The van der Waals surface area contributed by atoms with Crippen molar-refractivity contribution >= 4 is 5.91 Å². The van der Waals surface area contributed by atoms with Gasteiger partial charge in [-0.3, -0.25) is 4.79 Å². The fourth-order valence-corrected chi connectivity index (χ4v) is 1.84. The Morgan fingerprint density at radius 3 is 2.38 bits per heavy atom. The van der Waals surface area contributed by atoms with Crippen LogP contribution in [0.1, 0.15) is 19.8 Å². The molecule has 94 valence electrons. The summed E-state index contributed by atoms with van der Waals surface area (Å²) in [5.41, 5.74) is 0. The number of carbonyl (C=O) groups excluding carboxylic acids is 1. The van der Waals surface area contributed by atoms with E-state index in [0.29, 0.717) is 0 Å². The van der Waals surface area contributed by atoms with Crippen LogP contribution >= 0.6 is 0 Å². The Kier molecular flexibility index (Phi) is 4.58. The van der Waals surface area contributed by atoms with E-state index in [2.05, 4.69) is 11.8 Å². The Hall–Kier alpha value is -0.780. The summed E-state index contributed by atoms with van der Waals surface area (Å²) in [6.45, 7) is 4.98. The van der Waals surface area contributed by atoms with Crippen molar-refractivity contribution < 1.29 is 18.0 Å². The monoisotopic (exact) mass is 238 g/mol. The lowest BCUT2D eigenvalue weighted by molar-refractivity contribution is -0.173. The van der Waals surface area contributed by atoms with E-state index in [1.165, 1.54) is 0 Å². The van der Waals surface area contributed by atoms with E-state index in [1.807, 2.05) is 5.32 Å². The van der Waals surface area contributed by atoms with Crippen molar-refractivity contribution in [1.82, 2.24) is 10.2 Å². The lowest BCUT2D eigenvalue weighted by Gasteiger charge is -2.31. The number of likely N-dealkylation sites (tertiary alicyclic amines) is 1. The minimum Gasteiger partial charge on any atom is -0.348 e. The van der Waals surface area contributed by atoms with Gasteiger partial charge in [0.25, 0.3) is 0 Å². The van der Waals surface area contributed by atoms with Gasteiger partial charge in [-0.2, -0.15) is 13.2 Å². The minimum absolute atomic E-state index is 0.135. The summed E-state index contributed by atoms with van der Waals surface area (Å²) in [6.07, 6.45) is -3.05. The maximum absolute atomic E-state index is 11.9. The number of amides is 1. The Bertz CT molecular complexity index is 235. The number of hydrogen-bond acceptors (Lipinski definition) is 2. The molecule has 0 atom stereocenters. The van der Waals surface area contributed by atoms with Gasteiger partial charge in [-0.15, -0.1) is 0 Å². The second-order valence-electron chi connectivity index (χ2n) is 4.09. The van der Waals surface area contributed by atoms with E-state index >= 15 is 0 Å². The average Bonchev–Trinajstić information content (AvgIpc) is 2.25. The zero-order valence-electron chi connectivity index (χ0n) is 9.31. The number of nitrogens with zero attached hydrogens (tertiary/aromatic N) is 1. The van der Waals surface area contributed by atoms with Crippen LogP contribution in [0.5, 0.6) is 0 Å². The van der Waals surface area contributed by atoms with Crippen molar-refractivity contribution in [3.63, 3.8) is 0 Å². The molecular formula is C10H17F3N2O. The highest BCUT2D eigenvalue weighted by atomic mass is 19.4. The van der Waals surface area contributed by atoms with Crippen molar-refractivity contribution in [2.75, 3.05) is 26.2 Å². The molecule has 0 aliphatic carbocycles. The first kappa shape index (κ1) is 13.3. The first-order valence-electron chi connectivity index (χ1n) is 5.51. The summed E-state index contributed by atoms with van der Waals surface area (Å²) < 4.78 is 35.7. The quantitative estimate of drug-likeness (QED) is 0.806. The number of carbonyl (C=O) groups is 1. The van der Waals surface area contributed by atoms with E-state index in [9.17, 15) is 18.0 Å². The molecule has 1 fully saturated rings. The minimum atomic E-state index is -4.76. The summed E-state index contributed by atoms with van der Waals surface area (Å²) in [6, 6.07) is 0. The van der Waals surface area contributed by atoms with Crippen molar-refractivity contribution in [3.8, 4) is 0 Å². The SMILES string of the molecule is CCN1CCC(CNC(=O)C(F)(F)F)CC1. The van der Waals surface area contributed by atoms with Gasteiger partial charge in [0.15, 0.2) is 0 Å². The topological polar surface area (TPSA) is 32.3 Å². The van der Waals surface area contributed by atoms with Gasteiger partial charge in [0.05, 0.1) is 0 Å². The highest BCUT2D eigenvalue weighted by Gasteiger charge is 2.38. The third-order valence-corrected chi connectivity index (χ3v) is 2.96. The van der Waals surface area contributed by atoms with Crippen molar-refractivity contribution in [3.05, 3.63) is 0 Å². The molecule has 0 saturated carbocycles. The number of rotatable bonds is 3. The molecule has 0 aromatic rings. The van der Waals surface area contributed by atoms with Crippen LogP contribution in [-0.2, 0) is 4.79 Å². The molecule has 3 nitrogen and oxygen atoms in total. The second-order valence-corrected chi connectivity index (χ2v) is 4.09. The van der Waals surface area contributed by atoms with Crippen molar-refractivity contribution in [2.24, 2.45) is 5.92 Å². The molecule has 1 heterocycles. The van der Waals surface area contributed by atoms with Crippen LogP contribution in [0.15, 0.2) is 0 Å². The van der Waals surface area contributed by atoms with Gasteiger partial charge in [0.2, 0.25) is 0 Å². The van der Waals surface area contributed by atoms with E-state index < -0.39 is 12.1 Å². The molecule has 0 aromatic heterocycles. The van der Waals surface area contributed by atoms with Crippen molar-refractivity contribution in [2.45, 2.75) is 25.9 Å². The normalized spacial score (nSPS) is 19.8. The highest BCUT2D eigenvalue weighted by Crippen LogP contribution is 2.18. The van der Waals surface area contributed by atoms with Gasteiger partial charge in [-0.1, -0.05) is 6.92 Å². The van der Waals surface area contributed by atoms with Gasteiger partial charge in [0.1, 0.15) is 0 Å². The third-order valence-electron chi connectivity index (χ3n) is 2.96. The predicted octanol–water partition coefficient (Wildman–Crippen LogP) is 1.40. The molecule has 0 spiro atoms. The van der Waals surface area contributed by atoms with Crippen LogP contribution in [-0.4, -0.2) is 43.2 Å². The summed E-state index contributed by atoms with van der Waals surface area (Å²) in [5, 5.41) is 1.94. The summed E-state index contributed by atoms with van der Waals surface area (Å²) >= 11 is 0. The standard InChI is InChI=1S/C10H17F3N2O/c1-2-15-5-3-8(4-6-15)7-14-9(16)10(11,12)13/h8H,2-7H2,1H3,(H,14,16). The number of alkyl halides is 3. The van der Waals surface area contributed by atoms with Gasteiger partial charge < -0.3 is 10.2 Å². The number of nitrogens with one attached hydrogen (secondary N) is 1. The molecule has 0 radical (unpaired) electrons. The van der Waals surface area contributed by atoms with Crippen LogP contribution in [0.25, 0.3) is 0 Å². The maximum atomic E-state index is 11.9. The van der Waals surface area contributed by atoms with Gasteiger partial charge in [-0.05, 0) is 38.4 Å². The third kappa shape index (κ3) is 4.00. The molecule has 0 aromatic carbocycles. The van der Waals surface area contributed by atoms with Crippen LogP contribution in [0, 0.1) is 5.92 Å². The average molecular weight is 238 g/mol. The molecule has 1 N–H and O–H groups in total. The number of piperidine rings is 1. The molecule has 1 amide bonds. The molecule has 1 aliphatic rings. The fourth-order valence-electron chi connectivity index (χ4n) is 1.84. The van der Waals surface area contributed by atoms with Gasteiger partial charge >= 0.3 is 12.1 Å². The van der Waals surface area contributed by atoms with Crippen LogP contribution < -0.4 is 5.32 Å². The van der Waals surface area contributed by atoms with Crippen LogP contribution in [0.3, 0.4) is 0 Å². The molecule has 6 heteroatoms. The Morgan fingerprint density at radius 1 is 1.38 bits per heavy atom. The summed E-state index contributed by atoms with van der Waals surface area (Å²) in [4.78, 5) is 12.8. The zero-order valence-corrected chi connectivity index (χ0v) is 9.31. The Balaban J connectivity index is 2.22. The summed E-state index contributed by atoms with van der Waals surface area (Å²) in [7, 11) is 0. The second kappa shape index (κ2) is 5.52. The Labute approximate surface area is 93.0 Å². The fraction of sp³-hybridized carbons (Fsp3) is 0.900. The molecule has 1 saturated heterocycles. The molecule has 16 heavy (non-hydrogen) atoms. The van der Waals surface area contributed by atoms with Crippen LogP contribution in [0.4, 0.5) is 13.2 Å². The van der Waals surface area contributed by atoms with Gasteiger partial charge in [-0.25, -0.2) is 0 Å². The first-order valence-corrected chi connectivity index (χ1v) is 5.51. The molecule has 0 bridgehead atoms. The van der Waals surface area contributed by atoms with E-state index in [4.69, 9.17) is 0 Å². The molecular weight excluding hydrogens is 221 g/mol. The number of hydrogen-bond donors (Lipinski definition) is 1. The maximum Gasteiger partial charge on any atom is 0.471 e. The van der Waals surface area contributed by atoms with Crippen LogP contribution in [0.2, 0.25) is 0 Å². The molecule has 1 aliphatic heterocycles. The summed E-state index contributed by atoms with van der Waals surface area (Å²) in [5.74, 6) is -1.65. The lowest BCUT2D eigenvalue weighted by atomic mass is 9.97. The van der Waals surface area contributed by atoms with E-state index in [0.717, 1.165) is 32.5 Å². The van der Waals surface area contributed by atoms with E-state index in [1.54, 1.807) is 0 Å². The smallest absolute Gasteiger partial charge is 0.348 e.